The number of carbonyl (C=O) groups excluding carboxylic acids is 2. The number of methoxy groups -OCH3 is 1. The van der Waals surface area contributed by atoms with Crippen molar-refractivity contribution in [2.24, 2.45) is 17.3 Å². The fourth-order valence-corrected chi connectivity index (χ4v) is 4.95. The summed E-state index contributed by atoms with van der Waals surface area (Å²) in [4.78, 5) is 24.7. The highest BCUT2D eigenvalue weighted by atomic mass is 16.5. The quantitative estimate of drug-likeness (QED) is 0.782. The first kappa shape index (κ1) is 14.5. The molecule has 5 heteroatoms. The number of ether oxygens (including phenoxy) is 1. The average Bonchev–Trinajstić information content (AvgIpc) is 2.53. The van der Waals surface area contributed by atoms with Crippen LogP contribution >= 0.6 is 0 Å². The molecule has 1 amide bonds. The first-order valence-electron chi connectivity index (χ1n) is 8.25. The summed E-state index contributed by atoms with van der Waals surface area (Å²) < 4.78 is 5.01. The number of fused-ring (bicyclic) bond motifs is 3. The van der Waals surface area contributed by atoms with Crippen molar-refractivity contribution in [1.82, 2.24) is 5.32 Å². The number of hydrogen-bond donors (Lipinski definition) is 2. The van der Waals surface area contributed by atoms with E-state index in [9.17, 15) is 9.59 Å². The highest BCUT2D eigenvalue weighted by molar-refractivity contribution is 6.02. The summed E-state index contributed by atoms with van der Waals surface area (Å²) in [6.07, 6.45) is 3.53. The Bertz CT molecular complexity index is 689. The Labute approximate surface area is 135 Å². The molecule has 122 valence electrons. The third-order valence-electron chi connectivity index (χ3n) is 6.16. The number of nitrogens with one attached hydrogen (secondary N) is 2. The third kappa shape index (κ3) is 1.98. The molecule has 0 unspecified atom stereocenters. The molecule has 4 aliphatic rings. The van der Waals surface area contributed by atoms with Gasteiger partial charge in [-0.1, -0.05) is 19.1 Å². The van der Waals surface area contributed by atoms with E-state index in [-0.39, 0.29) is 29.1 Å². The lowest BCUT2D eigenvalue weighted by Gasteiger charge is -2.60. The standard InChI is InChI=1S/C18H22N2O3/c1-17-8-7-11(9-13(17)16(22)23-2)18(10-17)19-14-6-4-3-5-12(14)15(21)20-18/h3-6,11,13,19H,7-10H2,1-2H3,(H,20,21)/t11-,13-,17+,18-/m1/s1. The van der Waals surface area contributed by atoms with E-state index in [0.717, 1.165) is 31.4 Å². The number of benzene rings is 1. The van der Waals surface area contributed by atoms with Crippen molar-refractivity contribution in [1.29, 1.82) is 0 Å². The van der Waals surface area contributed by atoms with Gasteiger partial charge in [0.25, 0.3) is 5.91 Å². The van der Waals surface area contributed by atoms with Gasteiger partial charge in [-0.15, -0.1) is 0 Å². The first-order chi connectivity index (χ1) is 11.0. The second-order valence-corrected chi connectivity index (χ2v) is 7.47. The fraction of sp³-hybridized carbons (Fsp3) is 0.556. The Morgan fingerprint density at radius 2 is 2.09 bits per heavy atom. The third-order valence-corrected chi connectivity index (χ3v) is 6.16. The van der Waals surface area contributed by atoms with Gasteiger partial charge >= 0.3 is 5.97 Å². The molecule has 5 rings (SSSR count). The predicted molar refractivity (Wildman–Crippen MR) is 85.8 cm³/mol. The molecule has 1 heterocycles. The van der Waals surface area contributed by atoms with E-state index in [0.29, 0.717) is 5.56 Å². The molecule has 1 aromatic carbocycles. The summed E-state index contributed by atoms with van der Waals surface area (Å²) in [5.74, 6) is 0.0261. The maximum Gasteiger partial charge on any atom is 0.309 e. The molecular formula is C18H22N2O3. The molecule has 5 nitrogen and oxygen atoms in total. The van der Waals surface area contributed by atoms with E-state index in [2.05, 4.69) is 17.6 Å². The van der Waals surface area contributed by atoms with E-state index in [1.165, 1.54) is 7.11 Å². The second kappa shape index (κ2) is 4.73. The molecule has 4 atom stereocenters. The zero-order chi connectivity index (χ0) is 16.2. The SMILES string of the molecule is COC(=O)[C@H]1C[C@H]2CC[C@@]1(C)C[C@@]21NC(=O)c2ccccc2N1. The monoisotopic (exact) mass is 314 g/mol. The molecule has 3 aliphatic carbocycles. The van der Waals surface area contributed by atoms with Crippen molar-refractivity contribution in [3.8, 4) is 0 Å². The normalized spacial score (nSPS) is 37.7. The molecule has 1 spiro atoms. The van der Waals surface area contributed by atoms with Crippen LogP contribution in [0.2, 0.25) is 0 Å². The highest BCUT2D eigenvalue weighted by Gasteiger charge is 2.60. The maximum absolute atomic E-state index is 12.6. The van der Waals surface area contributed by atoms with Crippen LogP contribution in [0.5, 0.6) is 0 Å². The lowest BCUT2D eigenvalue weighted by molar-refractivity contribution is -0.160. The van der Waals surface area contributed by atoms with Crippen LogP contribution in [0.3, 0.4) is 0 Å². The van der Waals surface area contributed by atoms with Crippen molar-refractivity contribution in [3.05, 3.63) is 29.8 Å². The Hall–Kier alpha value is -2.04. The van der Waals surface area contributed by atoms with Gasteiger partial charge in [-0.3, -0.25) is 9.59 Å². The van der Waals surface area contributed by atoms with Crippen LogP contribution in [0, 0.1) is 17.3 Å². The maximum atomic E-state index is 12.6. The Balaban J connectivity index is 1.70. The molecule has 23 heavy (non-hydrogen) atoms. The van der Waals surface area contributed by atoms with E-state index < -0.39 is 5.66 Å². The molecule has 0 radical (unpaired) electrons. The largest absolute Gasteiger partial charge is 0.469 e. The first-order valence-corrected chi connectivity index (χ1v) is 8.25. The van der Waals surface area contributed by atoms with Gasteiger partial charge in [0.1, 0.15) is 5.66 Å². The Morgan fingerprint density at radius 3 is 2.83 bits per heavy atom. The van der Waals surface area contributed by atoms with Gasteiger partial charge in [-0.25, -0.2) is 0 Å². The van der Waals surface area contributed by atoms with Crippen molar-refractivity contribution >= 4 is 17.6 Å². The lowest BCUT2D eigenvalue weighted by Crippen LogP contribution is -2.69. The van der Waals surface area contributed by atoms with Crippen molar-refractivity contribution < 1.29 is 14.3 Å². The molecule has 0 aromatic heterocycles. The molecule has 3 saturated carbocycles. The van der Waals surface area contributed by atoms with Crippen LogP contribution in [0.1, 0.15) is 43.0 Å². The van der Waals surface area contributed by atoms with E-state index >= 15 is 0 Å². The number of amides is 1. The second-order valence-electron chi connectivity index (χ2n) is 7.47. The highest BCUT2D eigenvalue weighted by Crippen LogP contribution is 2.58. The van der Waals surface area contributed by atoms with E-state index in [1.807, 2.05) is 24.3 Å². The van der Waals surface area contributed by atoms with E-state index in [4.69, 9.17) is 4.74 Å². The van der Waals surface area contributed by atoms with Crippen LogP contribution in [0.4, 0.5) is 5.69 Å². The Morgan fingerprint density at radius 1 is 1.30 bits per heavy atom. The van der Waals surface area contributed by atoms with Gasteiger partial charge in [-0.2, -0.15) is 0 Å². The summed E-state index contributed by atoms with van der Waals surface area (Å²) in [5, 5.41) is 6.81. The summed E-state index contributed by atoms with van der Waals surface area (Å²) in [6.45, 7) is 2.15. The number of anilines is 1. The number of rotatable bonds is 1. The van der Waals surface area contributed by atoms with Crippen molar-refractivity contribution in [2.75, 3.05) is 12.4 Å². The van der Waals surface area contributed by atoms with Crippen LogP contribution < -0.4 is 10.6 Å². The molecule has 2 N–H and O–H groups in total. The van der Waals surface area contributed by atoms with Crippen LogP contribution in [-0.2, 0) is 9.53 Å². The number of esters is 1. The van der Waals surface area contributed by atoms with Crippen LogP contribution in [-0.4, -0.2) is 24.6 Å². The number of hydrogen-bond acceptors (Lipinski definition) is 4. The number of carbonyl (C=O) groups is 2. The predicted octanol–water partition coefficient (Wildman–Crippen LogP) is 2.54. The van der Waals surface area contributed by atoms with Gasteiger partial charge < -0.3 is 15.4 Å². The molecule has 3 fully saturated rings. The molecule has 2 bridgehead atoms. The smallest absolute Gasteiger partial charge is 0.309 e. The lowest BCUT2D eigenvalue weighted by atomic mass is 9.51. The zero-order valence-corrected chi connectivity index (χ0v) is 13.5. The molecular weight excluding hydrogens is 292 g/mol. The fourth-order valence-electron chi connectivity index (χ4n) is 4.95. The van der Waals surface area contributed by atoms with Gasteiger partial charge in [0.05, 0.1) is 18.6 Å². The van der Waals surface area contributed by atoms with E-state index in [1.54, 1.807) is 0 Å². The van der Waals surface area contributed by atoms with Crippen molar-refractivity contribution in [2.45, 2.75) is 38.3 Å². The molecule has 0 saturated heterocycles. The van der Waals surface area contributed by atoms with Gasteiger partial charge in [0.15, 0.2) is 0 Å². The minimum Gasteiger partial charge on any atom is -0.469 e. The average molecular weight is 314 g/mol. The number of para-hydroxylation sites is 1. The zero-order valence-electron chi connectivity index (χ0n) is 13.5. The summed E-state index contributed by atoms with van der Waals surface area (Å²) in [7, 11) is 1.46. The van der Waals surface area contributed by atoms with Gasteiger partial charge in [0, 0.05) is 11.6 Å². The molecule has 1 aliphatic heterocycles. The minimum atomic E-state index is -0.442. The van der Waals surface area contributed by atoms with Gasteiger partial charge in [0.2, 0.25) is 0 Å². The van der Waals surface area contributed by atoms with Crippen molar-refractivity contribution in [3.63, 3.8) is 0 Å². The summed E-state index contributed by atoms with van der Waals surface area (Å²) in [5.41, 5.74) is 0.994. The van der Waals surface area contributed by atoms with Crippen LogP contribution in [0.25, 0.3) is 0 Å². The van der Waals surface area contributed by atoms with Gasteiger partial charge in [-0.05, 0) is 43.2 Å². The topological polar surface area (TPSA) is 67.4 Å². The molecule has 1 aromatic rings. The summed E-state index contributed by atoms with van der Waals surface area (Å²) in [6, 6.07) is 7.61. The minimum absolute atomic E-state index is 0.0230. The summed E-state index contributed by atoms with van der Waals surface area (Å²) >= 11 is 0. The van der Waals surface area contributed by atoms with Crippen LogP contribution in [0.15, 0.2) is 24.3 Å². The Kier molecular flexibility index (Phi) is 2.99.